The predicted molar refractivity (Wildman–Crippen MR) is 101 cm³/mol. The molecule has 0 fully saturated rings. The first kappa shape index (κ1) is 16.3. The van der Waals surface area contributed by atoms with E-state index in [0.717, 1.165) is 31.3 Å². The van der Waals surface area contributed by atoms with Gasteiger partial charge in [-0.1, -0.05) is 24.3 Å². The third-order valence-electron chi connectivity index (χ3n) is 5.76. The summed E-state index contributed by atoms with van der Waals surface area (Å²) in [6.45, 7) is 6.28. The van der Waals surface area contributed by atoms with Crippen molar-refractivity contribution in [2.24, 2.45) is 0 Å². The van der Waals surface area contributed by atoms with Gasteiger partial charge < -0.3 is 4.57 Å². The van der Waals surface area contributed by atoms with Crippen molar-refractivity contribution >= 4 is 10.9 Å². The van der Waals surface area contributed by atoms with Gasteiger partial charge in [-0.2, -0.15) is 0 Å². The largest absolute Gasteiger partial charge is 0.344 e. The molecule has 0 N–H and O–H groups in total. The summed E-state index contributed by atoms with van der Waals surface area (Å²) in [5, 5.41) is 1.08. The van der Waals surface area contributed by atoms with Crippen LogP contribution in [-0.4, -0.2) is 22.6 Å². The van der Waals surface area contributed by atoms with Gasteiger partial charge in [0.1, 0.15) is 5.82 Å². The molecule has 1 unspecified atom stereocenters. The van der Waals surface area contributed by atoms with Gasteiger partial charge in [-0.3, -0.25) is 4.90 Å². The molecule has 2 nitrogen and oxygen atoms in total. The van der Waals surface area contributed by atoms with Gasteiger partial charge in [0, 0.05) is 42.1 Å². The minimum atomic E-state index is -0.146. The first-order chi connectivity index (χ1) is 12.0. The summed E-state index contributed by atoms with van der Waals surface area (Å²) in [4.78, 5) is 2.36. The summed E-state index contributed by atoms with van der Waals surface area (Å²) >= 11 is 0. The second kappa shape index (κ2) is 6.30. The molecule has 2 heterocycles. The molecule has 3 aromatic rings. The van der Waals surface area contributed by atoms with Crippen LogP contribution in [0, 0.1) is 12.7 Å². The van der Waals surface area contributed by atoms with Crippen molar-refractivity contribution < 1.29 is 4.39 Å². The van der Waals surface area contributed by atoms with E-state index in [9.17, 15) is 4.39 Å². The zero-order chi connectivity index (χ0) is 17.6. The quantitative estimate of drug-likeness (QED) is 0.672. The van der Waals surface area contributed by atoms with Crippen LogP contribution in [0.2, 0.25) is 0 Å². The molecule has 25 heavy (non-hydrogen) atoms. The Kier molecular flexibility index (Phi) is 4.12. The number of aromatic nitrogens is 1. The summed E-state index contributed by atoms with van der Waals surface area (Å²) in [6.07, 6.45) is 2.03. The average Bonchev–Trinajstić information content (AvgIpc) is 2.87. The van der Waals surface area contributed by atoms with Crippen LogP contribution in [0.4, 0.5) is 4.39 Å². The lowest BCUT2D eigenvalue weighted by Crippen LogP contribution is -2.35. The van der Waals surface area contributed by atoms with E-state index in [1.54, 1.807) is 12.1 Å². The van der Waals surface area contributed by atoms with Crippen LogP contribution in [0.25, 0.3) is 10.9 Å². The Morgan fingerprint density at radius 3 is 2.76 bits per heavy atom. The normalized spacial score (nSPS) is 17.8. The van der Waals surface area contributed by atoms with E-state index in [0.29, 0.717) is 6.04 Å². The molecule has 0 saturated heterocycles. The topological polar surface area (TPSA) is 8.17 Å². The third-order valence-corrected chi connectivity index (χ3v) is 5.76. The summed E-state index contributed by atoms with van der Waals surface area (Å²) in [7, 11) is 2.16. The number of benzene rings is 2. The van der Waals surface area contributed by atoms with E-state index in [2.05, 4.69) is 54.6 Å². The molecule has 0 amide bonds. The SMILES string of the molecule is Cc1ccccc1CCn1c2c(c3cc(F)ccc31)CN(C)C(C)C2. The molecule has 0 spiro atoms. The molecule has 1 aliphatic rings. The fourth-order valence-electron chi connectivity index (χ4n) is 4.08. The maximum absolute atomic E-state index is 13.9. The molecule has 0 bridgehead atoms. The number of likely N-dealkylation sites (N-methyl/N-ethyl adjacent to an activating group) is 1. The molecule has 2 aromatic carbocycles. The minimum absolute atomic E-state index is 0.146. The van der Waals surface area contributed by atoms with Crippen LogP contribution in [0.3, 0.4) is 0 Å². The lowest BCUT2D eigenvalue weighted by molar-refractivity contribution is 0.228. The van der Waals surface area contributed by atoms with Crippen LogP contribution in [0.15, 0.2) is 42.5 Å². The highest BCUT2D eigenvalue weighted by Gasteiger charge is 2.26. The van der Waals surface area contributed by atoms with Gasteiger partial charge in [-0.15, -0.1) is 0 Å². The van der Waals surface area contributed by atoms with Crippen LogP contribution in [-0.2, 0) is 25.9 Å². The molecule has 0 radical (unpaired) electrons. The molecular weight excluding hydrogens is 311 g/mol. The van der Waals surface area contributed by atoms with E-state index in [4.69, 9.17) is 0 Å². The van der Waals surface area contributed by atoms with Crippen molar-refractivity contribution in [3.8, 4) is 0 Å². The number of halogens is 1. The standard InChI is InChI=1S/C22H25FN2/c1-15-6-4-5-7-17(15)10-11-25-21-9-8-18(23)13-19(21)20-14-24(3)16(2)12-22(20)25/h4-9,13,16H,10-12,14H2,1-3H3. The van der Waals surface area contributed by atoms with E-state index in [-0.39, 0.29) is 5.82 Å². The summed E-state index contributed by atoms with van der Waals surface area (Å²) in [6, 6.07) is 14.3. The van der Waals surface area contributed by atoms with Gasteiger partial charge in [0.15, 0.2) is 0 Å². The van der Waals surface area contributed by atoms with Gasteiger partial charge in [0.2, 0.25) is 0 Å². The van der Waals surface area contributed by atoms with E-state index in [1.165, 1.54) is 27.9 Å². The van der Waals surface area contributed by atoms with Crippen LogP contribution < -0.4 is 0 Å². The molecule has 1 atom stereocenters. The Morgan fingerprint density at radius 2 is 1.96 bits per heavy atom. The zero-order valence-electron chi connectivity index (χ0n) is 15.2. The third kappa shape index (κ3) is 2.87. The Hall–Kier alpha value is -2.13. The Labute approximate surface area is 148 Å². The van der Waals surface area contributed by atoms with Gasteiger partial charge in [-0.05, 0) is 62.2 Å². The fraction of sp³-hybridized carbons (Fsp3) is 0.364. The van der Waals surface area contributed by atoms with Crippen molar-refractivity contribution in [1.29, 1.82) is 0 Å². The molecule has 3 heteroatoms. The lowest BCUT2D eigenvalue weighted by atomic mass is 10.00. The van der Waals surface area contributed by atoms with Crippen molar-refractivity contribution in [3.63, 3.8) is 0 Å². The molecular formula is C22H25FN2. The number of rotatable bonds is 3. The number of hydrogen-bond acceptors (Lipinski definition) is 1. The molecule has 4 rings (SSSR count). The second-order valence-electron chi connectivity index (χ2n) is 7.38. The van der Waals surface area contributed by atoms with Gasteiger partial charge in [-0.25, -0.2) is 4.39 Å². The number of aryl methyl sites for hydroxylation is 3. The van der Waals surface area contributed by atoms with E-state index >= 15 is 0 Å². The number of fused-ring (bicyclic) bond motifs is 3. The molecule has 1 aromatic heterocycles. The summed E-state index contributed by atoms with van der Waals surface area (Å²) in [5.74, 6) is -0.146. The van der Waals surface area contributed by atoms with Gasteiger partial charge in [0.05, 0.1) is 0 Å². The first-order valence-corrected chi connectivity index (χ1v) is 9.09. The van der Waals surface area contributed by atoms with E-state index in [1.807, 2.05) is 6.07 Å². The number of hydrogen-bond donors (Lipinski definition) is 0. The zero-order valence-corrected chi connectivity index (χ0v) is 15.2. The second-order valence-corrected chi connectivity index (χ2v) is 7.38. The monoisotopic (exact) mass is 336 g/mol. The molecule has 130 valence electrons. The summed E-state index contributed by atoms with van der Waals surface area (Å²) < 4.78 is 16.3. The van der Waals surface area contributed by atoms with Crippen molar-refractivity contribution in [3.05, 3.63) is 70.7 Å². The predicted octanol–water partition coefficient (Wildman–Crippen LogP) is 4.71. The lowest BCUT2D eigenvalue weighted by Gasteiger charge is -2.31. The average molecular weight is 336 g/mol. The summed E-state index contributed by atoms with van der Waals surface area (Å²) in [5.41, 5.74) is 6.59. The van der Waals surface area contributed by atoms with Gasteiger partial charge >= 0.3 is 0 Å². The fourth-order valence-corrected chi connectivity index (χ4v) is 4.08. The highest BCUT2D eigenvalue weighted by molar-refractivity contribution is 5.86. The highest BCUT2D eigenvalue weighted by atomic mass is 19.1. The molecule has 0 saturated carbocycles. The van der Waals surface area contributed by atoms with Crippen LogP contribution >= 0.6 is 0 Å². The maximum Gasteiger partial charge on any atom is 0.123 e. The first-order valence-electron chi connectivity index (χ1n) is 9.09. The smallest absolute Gasteiger partial charge is 0.123 e. The van der Waals surface area contributed by atoms with Crippen LogP contribution in [0.5, 0.6) is 0 Å². The Bertz CT molecular complexity index is 925. The Morgan fingerprint density at radius 1 is 1.16 bits per heavy atom. The van der Waals surface area contributed by atoms with Crippen molar-refractivity contribution in [2.75, 3.05) is 7.05 Å². The van der Waals surface area contributed by atoms with Gasteiger partial charge in [0.25, 0.3) is 0 Å². The minimum Gasteiger partial charge on any atom is -0.344 e. The van der Waals surface area contributed by atoms with Crippen molar-refractivity contribution in [2.45, 2.75) is 45.8 Å². The highest BCUT2D eigenvalue weighted by Crippen LogP contribution is 2.33. The van der Waals surface area contributed by atoms with Crippen LogP contribution in [0.1, 0.15) is 29.3 Å². The number of nitrogens with zero attached hydrogens (tertiary/aromatic N) is 2. The van der Waals surface area contributed by atoms with E-state index < -0.39 is 0 Å². The van der Waals surface area contributed by atoms with Crippen molar-refractivity contribution in [1.82, 2.24) is 9.47 Å². The maximum atomic E-state index is 13.9. The molecule has 0 aliphatic carbocycles. The Balaban J connectivity index is 1.78. The molecule has 1 aliphatic heterocycles.